The van der Waals surface area contributed by atoms with E-state index < -0.39 is 17.1 Å². The minimum Gasteiger partial charge on any atom is -0.391 e. The number of carbonyl (C=O) groups excluding carboxylic acids is 1. The lowest BCUT2D eigenvalue weighted by atomic mass is 9.96. The normalized spacial score (nSPS) is 18.0. The number of hydrogen-bond donors (Lipinski definition) is 1. The smallest absolute Gasteiger partial charge is 0.275 e. The van der Waals surface area contributed by atoms with Crippen molar-refractivity contribution < 1.29 is 14.8 Å². The summed E-state index contributed by atoms with van der Waals surface area (Å²) in [5, 5.41) is 20.2. The number of aliphatic hydroxyl groups excluding tert-OH is 1. The van der Waals surface area contributed by atoms with Crippen molar-refractivity contribution in [3.63, 3.8) is 0 Å². The van der Waals surface area contributed by atoms with Gasteiger partial charge in [0.05, 0.1) is 17.1 Å². The second-order valence-electron chi connectivity index (χ2n) is 5.67. The molecule has 7 nitrogen and oxygen atoms in total. The Hall–Kier alpha value is -2.15. The molecule has 0 unspecified atom stereocenters. The van der Waals surface area contributed by atoms with Crippen molar-refractivity contribution in [3.8, 4) is 0 Å². The summed E-state index contributed by atoms with van der Waals surface area (Å²) >= 11 is 0. The summed E-state index contributed by atoms with van der Waals surface area (Å²) in [4.78, 5) is 26.3. The van der Waals surface area contributed by atoms with E-state index in [0.717, 1.165) is 0 Å². The fourth-order valence-corrected chi connectivity index (χ4v) is 2.71. The molecular formula is C14H19N3O4. The van der Waals surface area contributed by atoms with E-state index in [2.05, 4.69) is 0 Å². The average Bonchev–Trinajstić information content (AvgIpc) is 2.44. The number of nitro benzene ring substituents is 1. The average molecular weight is 293 g/mol. The van der Waals surface area contributed by atoms with E-state index >= 15 is 0 Å². The molecule has 1 aliphatic heterocycles. The van der Waals surface area contributed by atoms with Crippen LogP contribution in [0.2, 0.25) is 0 Å². The van der Waals surface area contributed by atoms with Gasteiger partial charge in [0, 0.05) is 31.9 Å². The van der Waals surface area contributed by atoms with Crippen LogP contribution in [-0.4, -0.2) is 46.5 Å². The predicted octanol–water partition coefficient (Wildman–Crippen LogP) is 1.14. The Labute approximate surface area is 122 Å². The Morgan fingerprint density at radius 1 is 1.38 bits per heavy atom. The van der Waals surface area contributed by atoms with Crippen LogP contribution in [0, 0.1) is 10.1 Å². The number of rotatable bonds is 3. The third-order valence-corrected chi connectivity index (χ3v) is 3.95. The van der Waals surface area contributed by atoms with Gasteiger partial charge < -0.3 is 14.9 Å². The van der Waals surface area contributed by atoms with Crippen molar-refractivity contribution in [1.29, 1.82) is 0 Å². The summed E-state index contributed by atoms with van der Waals surface area (Å²) in [7, 11) is 1.76. The fraction of sp³-hybridized carbons (Fsp3) is 0.500. The maximum atomic E-state index is 12.3. The Kier molecular flexibility index (Phi) is 3.87. The SMILES string of the molecule is CN1CCN(c2ccc([N+](=O)[O-])c(CO)c2)C(C)(C)C1=O. The highest BCUT2D eigenvalue weighted by Gasteiger charge is 2.40. The summed E-state index contributed by atoms with van der Waals surface area (Å²) in [6.45, 7) is 4.47. The zero-order valence-corrected chi connectivity index (χ0v) is 12.4. The summed E-state index contributed by atoms with van der Waals surface area (Å²) in [6.07, 6.45) is 0. The van der Waals surface area contributed by atoms with E-state index in [1.165, 1.54) is 6.07 Å². The monoisotopic (exact) mass is 293 g/mol. The Morgan fingerprint density at radius 3 is 2.62 bits per heavy atom. The molecule has 0 atom stereocenters. The van der Waals surface area contributed by atoms with E-state index in [0.29, 0.717) is 18.8 Å². The molecule has 1 heterocycles. The first-order chi connectivity index (χ1) is 9.78. The molecular weight excluding hydrogens is 274 g/mol. The van der Waals surface area contributed by atoms with Gasteiger partial charge in [0.2, 0.25) is 5.91 Å². The van der Waals surface area contributed by atoms with Gasteiger partial charge >= 0.3 is 0 Å². The molecule has 1 aromatic carbocycles. The van der Waals surface area contributed by atoms with Gasteiger partial charge in [-0.05, 0) is 26.0 Å². The van der Waals surface area contributed by atoms with Crippen molar-refractivity contribution in [1.82, 2.24) is 4.90 Å². The van der Waals surface area contributed by atoms with Gasteiger partial charge in [-0.25, -0.2) is 0 Å². The molecule has 1 amide bonds. The standard InChI is InChI=1S/C14H19N3O4/c1-14(2)13(19)15(3)6-7-16(14)11-4-5-12(17(20)21)10(8-11)9-18/h4-5,8,18H,6-7,9H2,1-3H3. The third-order valence-electron chi connectivity index (χ3n) is 3.95. The van der Waals surface area contributed by atoms with Crippen LogP contribution in [0.4, 0.5) is 11.4 Å². The third kappa shape index (κ3) is 2.56. The predicted molar refractivity (Wildman–Crippen MR) is 78.1 cm³/mol. The van der Waals surface area contributed by atoms with Gasteiger partial charge in [0.1, 0.15) is 5.54 Å². The number of anilines is 1. The number of hydrogen-bond acceptors (Lipinski definition) is 5. The topological polar surface area (TPSA) is 86.9 Å². The number of carbonyl (C=O) groups is 1. The molecule has 0 aromatic heterocycles. The largest absolute Gasteiger partial charge is 0.391 e. The molecule has 21 heavy (non-hydrogen) atoms. The number of amides is 1. The second kappa shape index (κ2) is 5.33. The van der Waals surface area contributed by atoms with Gasteiger partial charge in [-0.2, -0.15) is 0 Å². The summed E-state index contributed by atoms with van der Waals surface area (Å²) in [5.74, 6) is -0.00217. The molecule has 1 aromatic rings. The van der Waals surface area contributed by atoms with Crippen molar-refractivity contribution in [2.75, 3.05) is 25.0 Å². The highest BCUT2D eigenvalue weighted by molar-refractivity contribution is 5.90. The number of likely N-dealkylation sites (N-methyl/N-ethyl adjacent to an activating group) is 1. The Balaban J connectivity index is 2.42. The van der Waals surface area contributed by atoms with E-state index in [1.807, 2.05) is 18.7 Å². The van der Waals surface area contributed by atoms with Gasteiger partial charge in [-0.3, -0.25) is 14.9 Å². The van der Waals surface area contributed by atoms with Crippen LogP contribution in [0.15, 0.2) is 18.2 Å². The number of aliphatic hydroxyl groups is 1. The molecule has 0 radical (unpaired) electrons. The molecule has 114 valence electrons. The highest BCUT2D eigenvalue weighted by atomic mass is 16.6. The Bertz CT molecular complexity index is 586. The maximum Gasteiger partial charge on any atom is 0.275 e. The number of piperazine rings is 1. The second-order valence-corrected chi connectivity index (χ2v) is 5.67. The van der Waals surface area contributed by atoms with E-state index in [-0.39, 0.29) is 17.2 Å². The quantitative estimate of drug-likeness (QED) is 0.667. The molecule has 1 fully saturated rings. The molecule has 1 N–H and O–H groups in total. The lowest BCUT2D eigenvalue weighted by Crippen LogP contribution is -2.62. The molecule has 0 spiro atoms. The van der Waals surface area contributed by atoms with Crippen molar-refractivity contribution in [3.05, 3.63) is 33.9 Å². The molecule has 0 aliphatic carbocycles. The molecule has 0 bridgehead atoms. The van der Waals surface area contributed by atoms with Crippen molar-refractivity contribution in [2.45, 2.75) is 26.0 Å². The first-order valence-electron chi connectivity index (χ1n) is 6.70. The van der Waals surface area contributed by atoms with Crippen LogP contribution < -0.4 is 4.90 Å². The van der Waals surface area contributed by atoms with E-state index in [1.54, 1.807) is 24.1 Å². The van der Waals surface area contributed by atoms with Gasteiger partial charge in [-0.15, -0.1) is 0 Å². The molecule has 7 heteroatoms. The van der Waals surface area contributed by atoms with Crippen molar-refractivity contribution >= 4 is 17.3 Å². The van der Waals surface area contributed by atoms with Crippen LogP contribution >= 0.6 is 0 Å². The highest BCUT2D eigenvalue weighted by Crippen LogP contribution is 2.31. The number of nitro groups is 1. The van der Waals surface area contributed by atoms with Crippen LogP contribution in [0.25, 0.3) is 0 Å². The number of nitrogens with zero attached hydrogens (tertiary/aromatic N) is 3. The minimum absolute atomic E-state index is 0.00217. The molecule has 1 aliphatic rings. The first kappa shape index (κ1) is 15.2. The zero-order chi connectivity index (χ0) is 15.8. The zero-order valence-electron chi connectivity index (χ0n) is 12.4. The molecule has 1 saturated heterocycles. The van der Waals surface area contributed by atoms with Crippen LogP contribution in [0.1, 0.15) is 19.4 Å². The lowest BCUT2D eigenvalue weighted by molar-refractivity contribution is -0.385. The summed E-state index contributed by atoms with van der Waals surface area (Å²) in [6, 6.07) is 4.58. The lowest BCUT2D eigenvalue weighted by Gasteiger charge is -2.46. The first-order valence-corrected chi connectivity index (χ1v) is 6.70. The van der Waals surface area contributed by atoms with E-state index in [4.69, 9.17) is 0 Å². The van der Waals surface area contributed by atoms with Crippen LogP contribution in [0.5, 0.6) is 0 Å². The fourth-order valence-electron chi connectivity index (χ4n) is 2.71. The van der Waals surface area contributed by atoms with Gasteiger partial charge in [0.15, 0.2) is 0 Å². The van der Waals surface area contributed by atoms with Crippen LogP contribution in [-0.2, 0) is 11.4 Å². The number of benzene rings is 1. The Morgan fingerprint density at radius 2 is 2.05 bits per heavy atom. The van der Waals surface area contributed by atoms with E-state index in [9.17, 15) is 20.0 Å². The van der Waals surface area contributed by atoms with Crippen LogP contribution in [0.3, 0.4) is 0 Å². The summed E-state index contributed by atoms with van der Waals surface area (Å²) in [5.41, 5.74) is 0.117. The minimum atomic E-state index is -0.726. The molecule has 0 saturated carbocycles. The molecule has 2 rings (SSSR count). The van der Waals surface area contributed by atoms with Crippen molar-refractivity contribution in [2.24, 2.45) is 0 Å². The van der Waals surface area contributed by atoms with Gasteiger partial charge in [0.25, 0.3) is 5.69 Å². The maximum absolute atomic E-state index is 12.3. The summed E-state index contributed by atoms with van der Waals surface area (Å²) < 4.78 is 0. The van der Waals surface area contributed by atoms with Gasteiger partial charge in [-0.1, -0.05) is 0 Å².